The number of nitrogens with zero attached hydrogens (tertiary/aromatic N) is 1. The van der Waals surface area contributed by atoms with Crippen molar-refractivity contribution in [3.8, 4) is 11.1 Å². The molecule has 0 aliphatic rings. The van der Waals surface area contributed by atoms with Crippen molar-refractivity contribution in [3.63, 3.8) is 0 Å². The third kappa shape index (κ3) is 5.00. The van der Waals surface area contributed by atoms with E-state index in [0.29, 0.717) is 10.6 Å². The monoisotopic (exact) mass is 399 g/mol. The zero-order valence-electron chi connectivity index (χ0n) is 16.9. The molecule has 2 N–H and O–H groups in total. The molecule has 0 aliphatic heterocycles. The molecule has 0 bridgehead atoms. The first-order chi connectivity index (χ1) is 13.2. The van der Waals surface area contributed by atoms with E-state index in [0.717, 1.165) is 47.2 Å². The van der Waals surface area contributed by atoms with Gasteiger partial charge in [0.25, 0.3) is 0 Å². The summed E-state index contributed by atoms with van der Waals surface area (Å²) in [5.74, 6) is -0.214. The number of fused-ring (bicyclic) bond motifs is 1. The molecular formula is C23H27ClFN3. The van der Waals surface area contributed by atoms with Crippen molar-refractivity contribution in [1.29, 1.82) is 0 Å². The first-order valence-corrected chi connectivity index (χ1v) is 9.96. The average molecular weight is 400 g/mol. The first kappa shape index (κ1) is 20.6. The number of aryl methyl sites for hydroxylation is 1. The summed E-state index contributed by atoms with van der Waals surface area (Å²) in [5, 5.41) is 8.67. The predicted octanol–water partition coefficient (Wildman–Crippen LogP) is 6.19. The Morgan fingerprint density at radius 2 is 1.86 bits per heavy atom. The number of hydrogen-bond acceptors (Lipinski definition) is 3. The summed E-state index contributed by atoms with van der Waals surface area (Å²) in [6.07, 6.45) is 2.76. The van der Waals surface area contributed by atoms with Gasteiger partial charge in [0.05, 0.1) is 11.2 Å². The van der Waals surface area contributed by atoms with Gasteiger partial charge in [-0.25, -0.2) is 4.39 Å². The molecule has 5 heteroatoms. The van der Waals surface area contributed by atoms with Crippen LogP contribution < -0.4 is 10.6 Å². The molecule has 1 heterocycles. The van der Waals surface area contributed by atoms with E-state index >= 15 is 0 Å². The maximum Gasteiger partial charge on any atom is 0.126 e. The molecule has 3 rings (SSSR count). The fourth-order valence-corrected chi connectivity index (χ4v) is 3.27. The van der Waals surface area contributed by atoms with Crippen LogP contribution in [0.4, 0.5) is 10.1 Å². The lowest BCUT2D eigenvalue weighted by Gasteiger charge is -2.21. The van der Waals surface area contributed by atoms with E-state index < -0.39 is 0 Å². The average Bonchev–Trinajstić information content (AvgIpc) is 2.62. The summed E-state index contributed by atoms with van der Waals surface area (Å²) in [6, 6.07) is 11.0. The van der Waals surface area contributed by atoms with Gasteiger partial charge in [0.2, 0.25) is 0 Å². The Kier molecular flexibility index (Phi) is 6.21. The molecule has 1 aromatic heterocycles. The van der Waals surface area contributed by atoms with Crippen LogP contribution in [0.15, 0.2) is 42.6 Å². The Hall–Kier alpha value is -2.17. The number of halogens is 2. The largest absolute Gasteiger partial charge is 0.384 e. The lowest BCUT2D eigenvalue weighted by atomic mass is 10.0. The van der Waals surface area contributed by atoms with Gasteiger partial charge in [0, 0.05) is 34.3 Å². The van der Waals surface area contributed by atoms with Crippen LogP contribution in [0.25, 0.3) is 22.0 Å². The number of pyridine rings is 1. The van der Waals surface area contributed by atoms with E-state index in [1.807, 2.05) is 24.3 Å². The Morgan fingerprint density at radius 1 is 1.07 bits per heavy atom. The van der Waals surface area contributed by atoms with Crippen LogP contribution in [0.3, 0.4) is 0 Å². The number of nitrogens with one attached hydrogen (secondary N) is 2. The maximum absolute atomic E-state index is 14.2. The van der Waals surface area contributed by atoms with Gasteiger partial charge in [-0.15, -0.1) is 0 Å². The van der Waals surface area contributed by atoms with Crippen LogP contribution in [-0.4, -0.2) is 23.6 Å². The third-order valence-corrected chi connectivity index (χ3v) is 4.86. The van der Waals surface area contributed by atoms with Crippen LogP contribution in [0.1, 0.15) is 32.8 Å². The molecule has 0 spiro atoms. The van der Waals surface area contributed by atoms with Crippen molar-refractivity contribution < 1.29 is 4.39 Å². The molecule has 0 atom stereocenters. The van der Waals surface area contributed by atoms with Crippen molar-refractivity contribution in [2.45, 2.75) is 39.7 Å². The Balaban J connectivity index is 1.93. The Bertz CT molecular complexity index is 979. The van der Waals surface area contributed by atoms with Gasteiger partial charge in [-0.05, 0) is 76.1 Å². The van der Waals surface area contributed by atoms with Crippen molar-refractivity contribution >= 4 is 28.2 Å². The zero-order valence-corrected chi connectivity index (χ0v) is 17.6. The summed E-state index contributed by atoms with van der Waals surface area (Å²) >= 11 is 6.14. The second-order valence-electron chi connectivity index (χ2n) is 8.13. The van der Waals surface area contributed by atoms with Crippen molar-refractivity contribution in [3.05, 3.63) is 59.0 Å². The van der Waals surface area contributed by atoms with Crippen LogP contribution in [0, 0.1) is 12.7 Å². The molecule has 3 nitrogen and oxygen atoms in total. The first-order valence-electron chi connectivity index (χ1n) is 9.58. The standard InChI is InChI=1S/C23H27ClFN3/c1-15-6-7-16(12-20(15)25)19-14-27-21-13-17(24)8-9-18(21)22(19)26-10-5-11-28-23(2,3)4/h6-9,12-14,28H,5,10-11H2,1-4H3,(H,26,27). The second kappa shape index (κ2) is 8.46. The minimum absolute atomic E-state index is 0.102. The van der Waals surface area contributed by atoms with Gasteiger partial charge in [0.15, 0.2) is 0 Å². The summed E-state index contributed by atoms with van der Waals surface area (Å²) in [4.78, 5) is 4.55. The number of rotatable bonds is 6. The van der Waals surface area contributed by atoms with E-state index in [1.54, 1.807) is 25.3 Å². The van der Waals surface area contributed by atoms with E-state index in [-0.39, 0.29) is 11.4 Å². The summed E-state index contributed by atoms with van der Waals surface area (Å²) in [5.41, 5.74) is 4.21. The van der Waals surface area contributed by atoms with Gasteiger partial charge in [-0.3, -0.25) is 4.98 Å². The number of anilines is 1. The number of aromatic nitrogens is 1. The van der Waals surface area contributed by atoms with Crippen molar-refractivity contribution in [2.24, 2.45) is 0 Å². The minimum atomic E-state index is -0.214. The van der Waals surface area contributed by atoms with Gasteiger partial charge in [-0.2, -0.15) is 0 Å². The summed E-state index contributed by atoms with van der Waals surface area (Å²) < 4.78 is 14.2. The molecular weight excluding hydrogens is 373 g/mol. The second-order valence-corrected chi connectivity index (χ2v) is 8.57. The Morgan fingerprint density at radius 3 is 2.57 bits per heavy atom. The fourth-order valence-electron chi connectivity index (χ4n) is 3.10. The van der Waals surface area contributed by atoms with Crippen molar-refractivity contribution in [2.75, 3.05) is 18.4 Å². The normalized spacial score (nSPS) is 11.8. The van der Waals surface area contributed by atoms with Gasteiger partial charge in [0.1, 0.15) is 5.82 Å². The quantitative estimate of drug-likeness (QED) is 0.485. The van der Waals surface area contributed by atoms with Gasteiger partial charge >= 0.3 is 0 Å². The maximum atomic E-state index is 14.2. The highest BCUT2D eigenvalue weighted by Gasteiger charge is 2.13. The Labute approximate surface area is 171 Å². The molecule has 0 amide bonds. The lowest BCUT2D eigenvalue weighted by molar-refractivity contribution is 0.425. The molecule has 0 radical (unpaired) electrons. The topological polar surface area (TPSA) is 37.0 Å². The van der Waals surface area contributed by atoms with E-state index in [4.69, 9.17) is 11.6 Å². The molecule has 0 fully saturated rings. The SMILES string of the molecule is Cc1ccc(-c2cnc3cc(Cl)ccc3c2NCCCNC(C)(C)C)cc1F. The van der Waals surface area contributed by atoms with E-state index in [9.17, 15) is 4.39 Å². The van der Waals surface area contributed by atoms with E-state index in [2.05, 4.69) is 36.4 Å². The molecule has 0 saturated carbocycles. The third-order valence-electron chi connectivity index (χ3n) is 4.62. The molecule has 0 unspecified atom stereocenters. The van der Waals surface area contributed by atoms with Crippen LogP contribution in [0.5, 0.6) is 0 Å². The smallest absolute Gasteiger partial charge is 0.126 e. The van der Waals surface area contributed by atoms with Crippen molar-refractivity contribution in [1.82, 2.24) is 10.3 Å². The number of benzene rings is 2. The van der Waals surface area contributed by atoms with Crippen LogP contribution >= 0.6 is 11.6 Å². The van der Waals surface area contributed by atoms with Crippen LogP contribution in [-0.2, 0) is 0 Å². The molecule has 148 valence electrons. The highest BCUT2D eigenvalue weighted by Crippen LogP contribution is 2.35. The van der Waals surface area contributed by atoms with Gasteiger partial charge in [-0.1, -0.05) is 23.7 Å². The fraction of sp³-hybridized carbons (Fsp3) is 0.348. The minimum Gasteiger partial charge on any atom is -0.384 e. The predicted molar refractivity (Wildman–Crippen MR) is 118 cm³/mol. The molecule has 0 saturated heterocycles. The summed E-state index contributed by atoms with van der Waals surface area (Å²) in [6.45, 7) is 9.95. The number of hydrogen-bond donors (Lipinski definition) is 2. The summed E-state index contributed by atoms with van der Waals surface area (Å²) in [7, 11) is 0. The highest BCUT2D eigenvalue weighted by molar-refractivity contribution is 6.31. The van der Waals surface area contributed by atoms with Gasteiger partial charge < -0.3 is 10.6 Å². The molecule has 0 aliphatic carbocycles. The molecule has 28 heavy (non-hydrogen) atoms. The van der Waals surface area contributed by atoms with E-state index in [1.165, 1.54) is 0 Å². The molecule has 3 aromatic rings. The molecule has 2 aromatic carbocycles. The lowest BCUT2D eigenvalue weighted by Crippen LogP contribution is -2.36. The highest BCUT2D eigenvalue weighted by atomic mass is 35.5. The zero-order chi connectivity index (χ0) is 20.3. The van der Waals surface area contributed by atoms with Crippen LogP contribution in [0.2, 0.25) is 5.02 Å².